The average Bonchev–Trinajstić information content (AvgIpc) is 2.58. The van der Waals surface area contributed by atoms with Crippen LogP contribution in [-0.2, 0) is 4.79 Å². The molecule has 0 saturated carbocycles. The summed E-state index contributed by atoms with van der Waals surface area (Å²) in [7, 11) is 0. The smallest absolute Gasteiger partial charge is 0.255 e. The summed E-state index contributed by atoms with van der Waals surface area (Å²) in [6.45, 7) is 0. The van der Waals surface area contributed by atoms with E-state index in [-0.39, 0.29) is 5.91 Å². The van der Waals surface area contributed by atoms with E-state index in [0.717, 1.165) is 5.01 Å². The van der Waals surface area contributed by atoms with Crippen LogP contribution in [0.15, 0.2) is 11.6 Å². The lowest BCUT2D eigenvalue weighted by atomic mass is 10.3. The number of hydrogen-bond donors (Lipinski definition) is 2. The van der Waals surface area contributed by atoms with Crippen LogP contribution in [0.25, 0.3) is 0 Å². The molecule has 0 radical (unpaired) electrons. The lowest BCUT2D eigenvalue weighted by Crippen LogP contribution is -2.21. The Bertz CT molecular complexity index is 322. The van der Waals surface area contributed by atoms with Crippen molar-refractivity contribution >= 4 is 34.6 Å². The number of carbonyl (C=O) groups is 1. The molecule has 2 rings (SSSR count). The molecule has 1 aromatic rings. The number of nitrogens with zero attached hydrogens (tertiary/aromatic N) is 1. The topological polar surface area (TPSA) is 54.0 Å². The summed E-state index contributed by atoms with van der Waals surface area (Å²) < 4.78 is 0. The number of amides is 1. The molecule has 62 valence electrons. The van der Waals surface area contributed by atoms with Crippen molar-refractivity contribution in [1.82, 2.24) is 15.6 Å². The van der Waals surface area contributed by atoms with Gasteiger partial charge < -0.3 is 10.6 Å². The van der Waals surface area contributed by atoms with E-state index in [1.54, 1.807) is 6.20 Å². The molecular formula is C6H5N3OS2. The molecule has 1 fully saturated rings. The van der Waals surface area contributed by atoms with Crippen LogP contribution in [0.2, 0.25) is 0 Å². The first kappa shape index (κ1) is 7.63. The first-order chi connectivity index (χ1) is 5.77. The van der Waals surface area contributed by atoms with Crippen LogP contribution in [-0.4, -0.2) is 16.0 Å². The molecular weight excluding hydrogens is 194 g/mol. The van der Waals surface area contributed by atoms with Gasteiger partial charge in [-0.15, -0.1) is 11.3 Å². The van der Waals surface area contributed by atoms with Gasteiger partial charge in [-0.2, -0.15) is 0 Å². The van der Waals surface area contributed by atoms with Crippen molar-refractivity contribution in [2.45, 2.75) is 6.04 Å². The predicted molar refractivity (Wildman–Crippen MR) is 48.7 cm³/mol. The molecule has 1 aliphatic heterocycles. The molecule has 6 heteroatoms. The Hall–Kier alpha value is -1.01. The summed E-state index contributed by atoms with van der Waals surface area (Å²) in [4.78, 5) is 15.2. The van der Waals surface area contributed by atoms with Gasteiger partial charge >= 0.3 is 0 Å². The number of rotatable bonds is 1. The molecule has 4 nitrogen and oxygen atoms in total. The molecule has 1 aliphatic rings. The number of aromatic nitrogens is 1. The summed E-state index contributed by atoms with van der Waals surface area (Å²) in [5.74, 6) is -0.130. The molecule has 1 amide bonds. The Morgan fingerprint density at radius 2 is 2.50 bits per heavy atom. The third-order valence-corrected chi connectivity index (χ3v) is 2.53. The summed E-state index contributed by atoms with van der Waals surface area (Å²) >= 11 is 6.21. The third-order valence-electron chi connectivity index (χ3n) is 1.47. The first-order valence-electron chi connectivity index (χ1n) is 3.28. The van der Waals surface area contributed by atoms with Crippen molar-refractivity contribution in [3.63, 3.8) is 0 Å². The zero-order chi connectivity index (χ0) is 8.55. The minimum Gasteiger partial charge on any atom is -0.345 e. The minimum absolute atomic E-state index is 0.130. The Balaban J connectivity index is 2.26. The van der Waals surface area contributed by atoms with Gasteiger partial charge in [-0.3, -0.25) is 4.79 Å². The molecule has 0 bridgehead atoms. The maximum absolute atomic E-state index is 11.2. The zero-order valence-electron chi connectivity index (χ0n) is 5.90. The normalized spacial score (nSPS) is 22.2. The molecule has 1 aromatic heterocycles. The fourth-order valence-corrected chi connectivity index (χ4v) is 1.87. The summed E-state index contributed by atoms with van der Waals surface area (Å²) in [6.07, 6.45) is 1.66. The van der Waals surface area contributed by atoms with Gasteiger partial charge in [0.05, 0.1) is 0 Å². The van der Waals surface area contributed by atoms with Gasteiger partial charge in [0.1, 0.15) is 5.01 Å². The van der Waals surface area contributed by atoms with E-state index >= 15 is 0 Å². The van der Waals surface area contributed by atoms with Crippen LogP contribution in [0.4, 0.5) is 0 Å². The lowest BCUT2D eigenvalue weighted by Gasteiger charge is -2.00. The van der Waals surface area contributed by atoms with Crippen LogP contribution < -0.4 is 10.6 Å². The highest BCUT2D eigenvalue weighted by Crippen LogP contribution is 2.18. The number of carbonyl (C=O) groups excluding carboxylic acids is 1. The van der Waals surface area contributed by atoms with E-state index in [2.05, 4.69) is 15.6 Å². The van der Waals surface area contributed by atoms with Crippen LogP contribution >= 0.6 is 23.6 Å². The SMILES string of the molecule is O=C1NC(=S)NC1c1nccs1. The van der Waals surface area contributed by atoms with Gasteiger partial charge in [-0.1, -0.05) is 0 Å². The third kappa shape index (κ3) is 1.19. The van der Waals surface area contributed by atoms with Crippen molar-refractivity contribution in [3.05, 3.63) is 16.6 Å². The molecule has 1 unspecified atom stereocenters. The lowest BCUT2D eigenvalue weighted by molar-refractivity contribution is -0.120. The van der Waals surface area contributed by atoms with Crippen molar-refractivity contribution in [3.8, 4) is 0 Å². The van der Waals surface area contributed by atoms with Gasteiger partial charge in [0, 0.05) is 11.6 Å². The predicted octanol–water partition coefficient (Wildman–Crippen LogP) is 0.188. The Morgan fingerprint density at radius 1 is 1.67 bits per heavy atom. The Morgan fingerprint density at radius 3 is 3.00 bits per heavy atom. The quantitative estimate of drug-likeness (QED) is 0.634. The maximum Gasteiger partial charge on any atom is 0.255 e. The van der Waals surface area contributed by atoms with Crippen LogP contribution in [0.3, 0.4) is 0 Å². The highest BCUT2D eigenvalue weighted by Gasteiger charge is 2.30. The minimum atomic E-state index is -0.391. The Kier molecular flexibility index (Phi) is 1.78. The number of thiocarbonyl (C=S) groups is 1. The van der Waals surface area contributed by atoms with Gasteiger partial charge in [0.25, 0.3) is 5.91 Å². The highest BCUT2D eigenvalue weighted by atomic mass is 32.1. The second-order valence-corrected chi connectivity index (χ2v) is 3.60. The van der Waals surface area contributed by atoms with Gasteiger partial charge in [0.2, 0.25) is 0 Å². The van der Waals surface area contributed by atoms with E-state index in [1.165, 1.54) is 11.3 Å². The molecule has 2 heterocycles. The molecule has 1 saturated heterocycles. The number of hydrogen-bond acceptors (Lipinski definition) is 4. The van der Waals surface area contributed by atoms with Gasteiger partial charge in [-0.05, 0) is 12.2 Å². The molecule has 1 atom stereocenters. The van der Waals surface area contributed by atoms with Gasteiger partial charge in [0.15, 0.2) is 11.2 Å². The molecule has 0 aliphatic carbocycles. The van der Waals surface area contributed by atoms with Gasteiger partial charge in [-0.25, -0.2) is 4.98 Å². The fraction of sp³-hybridized carbons (Fsp3) is 0.167. The van der Waals surface area contributed by atoms with E-state index in [1.807, 2.05) is 5.38 Å². The van der Waals surface area contributed by atoms with Crippen LogP contribution in [0, 0.1) is 0 Å². The summed E-state index contributed by atoms with van der Waals surface area (Å²) in [5, 5.41) is 8.27. The van der Waals surface area contributed by atoms with Crippen molar-refractivity contribution < 1.29 is 4.79 Å². The molecule has 2 N–H and O–H groups in total. The first-order valence-corrected chi connectivity index (χ1v) is 4.57. The van der Waals surface area contributed by atoms with E-state index in [0.29, 0.717) is 5.11 Å². The largest absolute Gasteiger partial charge is 0.345 e. The van der Waals surface area contributed by atoms with E-state index < -0.39 is 6.04 Å². The standard InChI is InChI=1S/C6H5N3OS2/c10-4-3(8-6(11)9-4)5-7-1-2-12-5/h1-3H,(H2,8,9,10,11). The van der Waals surface area contributed by atoms with Crippen molar-refractivity contribution in [2.24, 2.45) is 0 Å². The Labute approximate surface area is 78.0 Å². The number of nitrogens with one attached hydrogen (secondary N) is 2. The molecule has 0 aromatic carbocycles. The fourth-order valence-electron chi connectivity index (χ4n) is 0.968. The maximum atomic E-state index is 11.2. The van der Waals surface area contributed by atoms with Crippen LogP contribution in [0.5, 0.6) is 0 Å². The average molecular weight is 199 g/mol. The molecule has 12 heavy (non-hydrogen) atoms. The zero-order valence-corrected chi connectivity index (χ0v) is 7.54. The highest BCUT2D eigenvalue weighted by molar-refractivity contribution is 7.80. The van der Waals surface area contributed by atoms with Crippen molar-refractivity contribution in [1.29, 1.82) is 0 Å². The van der Waals surface area contributed by atoms with Crippen LogP contribution in [0.1, 0.15) is 11.0 Å². The van der Waals surface area contributed by atoms with E-state index in [9.17, 15) is 4.79 Å². The molecule has 0 spiro atoms. The van der Waals surface area contributed by atoms with E-state index in [4.69, 9.17) is 12.2 Å². The monoisotopic (exact) mass is 199 g/mol. The number of thiazole rings is 1. The summed E-state index contributed by atoms with van der Waals surface area (Å²) in [6, 6.07) is -0.391. The second-order valence-electron chi connectivity index (χ2n) is 2.27. The second kappa shape index (κ2) is 2.80. The summed E-state index contributed by atoms with van der Waals surface area (Å²) in [5.41, 5.74) is 0. The van der Waals surface area contributed by atoms with Crippen molar-refractivity contribution in [2.75, 3.05) is 0 Å².